The van der Waals surface area contributed by atoms with Crippen molar-refractivity contribution in [1.82, 2.24) is 20.4 Å². The number of thiophene rings is 1. The summed E-state index contributed by atoms with van der Waals surface area (Å²) in [6.45, 7) is 1.77. The normalized spacial score (nSPS) is 20.9. The molecule has 0 spiro atoms. The zero-order chi connectivity index (χ0) is 19.1. The van der Waals surface area contributed by atoms with Gasteiger partial charge < -0.3 is 15.2 Å². The average molecular weight is 444 g/mol. The number of carbonyl (C=O) groups is 3. The summed E-state index contributed by atoms with van der Waals surface area (Å²) in [5.41, 5.74) is 0.252. The van der Waals surface area contributed by atoms with Crippen LogP contribution < -0.4 is 40.0 Å². The largest absolute Gasteiger partial charge is 1.00 e. The van der Waals surface area contributed by atoms with Crippen molar-refractivity contribution in [2.45, 2.75) is 24.8 Å². The second kappa shape index (κ2) is 8.64. The summed E-state index contributed by atoms with van der Waals surface area (Å²) >= 11 is 4.12. The summed E-state index contributed by atoms with van der Waals surface area (Å²) < 4.78 is 0. The molecular weight excluding hydrogens is 431 g/mol. The molecule has 12 heteroatoms. The van der Waals surface area contributed by atoms with Crippen molar-refractivity contribution in [3.63, 3.8) is 0 Å². The summed E-state index contributed by atoms with van der Waals surface area (Å²) in [4.78, 5) is 38.6. The minimum atomic E-state index is -1.43. The van der Waals surface area contributed by atoms with Gasteiger partial charge in [-0.2, -0.15) is 0 Å². The van der Waals surface area contributed by atoms with E-state index in [4.69, 9.17) is 0 Å². The Morgan fingerprint density at radius 2 is 2.18 bits per heavy atom. The minimum Gasteiger partial charge on any atom is -0.543 e. The van der Waals surface area contributed by atoms with E-state index in [1.165, 1.54) is 39.3 Å². The first kappa shape index (κ1) is 21.5. The summed E-state index contributed by atoms with van der Waals surface area (Å²) in [6.07, 6.45) is 0.192. The Bertz CT molecular complexity index is 959. The predicted molar refractivity (Wildman–Crippen MR) is 99.6 cm³/mol. The third-order valence-corrected chi connectivity index (χ3v) is 7.23. The molecule has 0 aromatic carbocycles. The summed E-state index contributed by atoms with van der Waals surface area (Å²) in [5.74, 6) is -1.80. The fourth-order valence-corrected chi connectivity index (χ4v) is 5.86. The van der Waals surface area contributed by atoms with Crippen LogP contribution in [0.4, 0.5) is 0 Å². The number of amides is 2. The first-order chi connectivity index (χ1) is 13.0. The minimum absolute atomic E-state index is 0. The van der Waals surface area contributed by atoms with Crippen LogP contribution in [-0.2, 0) is 20.8 Å². The van der Waals surface area contributed by atoms with Crippen LogP contribution in [0.5, 0.6) is 0 Å². The zero-order valence-corrected chi connectivity index (χ0v) is 19.4. The molecule has 8 nitrogen and oxygen atoms in total. The van der Waals surface area contributed by atoms with Crippen LogP contribution in [0.3, 0.4) is 0 Å². The zero-order valence-electron chi connectivity index (χ0n) is 15.0. The molecule has 2 amide bonds. The number of hydrogen-bond donors (Lipinski definition) is 1. The van der Waals surface area contributed by atoms with Crippen molar-refractivity contribution in [2.24, 2.45) is 0 Å². The number of hydrogen-bond acceptors (Lipinski definition) is 9. The molecule has 0 bridgehead atoms. The molecule has 1 N–H and O–H groups in total. The number of fused-ring (bicyclic) bond motifs is 1. The maximum Gasteiger partial charge on any atom is 1.00 e. The van der Waals surface area contributed by atoms with Gasteiger partial charge in [0.05, 0.1) is 18.1 Å². The van der Waals surface area contributed by atoms with E-state index in [2.05, 4.69) is 15.5 Å². The van der Waals surface area contributed by atoms with E-state index in [0.717, 1.165) is 4.88 Å². The van der Waals surface area contributed by atoms with Gasteiger partial charge in [-0.1, -0.05) is 17.4 Å². The van der Waals surface area contributed by atoms with Gasteiger partial charge in [-0.05, 0) is 18.4 Å². The molecule has 2 aromatic rings. The van der Waals surface area contributed by atoms with Crippen LogP contribution in [0, 0.1) is 6.92 Å². The number of rotatable bonds is 5. The Hall–Kier alpha value is -1.24. The van der Waals surface area contributed by atoms with Crippen LogP contribution in [-0.4, -0.2) is 50.0 Å². The molecule has 1 fully saturated rings. The number of aryl methyl sites for hydroxylation is 1. The third-order valence-electron chi connectivity index (χ3n) is 4.18. The van der Waals surface area contributed by atoms with E-state index in [9.17, 15) is 19.5 Å². The van der Waals surface area contributed by atoms with Gasteiger partial charge in [0, 0.05) is 16.2 Å². The first-order valence-electron chi connectivity index (χ1n) is 7.97. The Balaban J connectivity index is 0.00000225. The number of aliphatic carboxylic acids is 1. The number of thioether (sulfide) groups is 1. The van der Waals surface area contributed by atoms with E-state index >= 15 is 0 Å². The molecule has 0 saturated carbocycles. The number of β-lactam (4-membered cyclic amide) rings is 1. The Morgan fingerprint density at radius 3 is 2.79 bits per heavy atom. The van der Waals surface area contributed by atoms with Crippen LogP contribution in [0.2, 0.25) is 0 Å². The molecule has 0 aliphatic carbocycles. The smallest absolute Gasteiger partial charge is 0.543 e. The fraction of sp³-hybridized carbons (Fsp3) is 0.312. The molecular formula is C16H13N4NaO4S3. The topological polar surface area (TPSA) is 115 Å². The van der Waals surface area contributed by atoms with Gasteiger partial charge >= 0.3 is 29.6 Å². The summed E-state index contributed by atoms with van der Waals surface area (Å²) in [7, 11) is 0. The molecule has 140 valence electrons. The Labute approximate surface area is 194 Å². The monoisotopic (exact) mass is 444 g/mol. The van der Waals surface area contributed by atoms with Crippen LogP contribution >= 0.6 is 34.4 Å². The molecule has 28 heavy (non-hydrogen) atoms. The van der Waals surface area contributed by atoms with Crippen LogP contribution in [0.25, 0.3) is 5.57 Å². The Morgan fingerprint density at radius 1 is 1.39 bits per heavy atom. The van der Waals surface area contributed by atoms with Crippen LogP contribution in [0.15, 0.2) is 23.2 Å². The van der Waals surface area contributed by atoms with E-state index < -0.39 is 23.3 Å². The number of nitrogens with zero attached hydrogens (tertiary/aromatic N) is 3. The number of aromatic nitrogens is 2. The number of nitrogens with one attached hydrogen (secondary N) is 1. The van der Waals surface area contributed by atoms with Gasteiger partial charge in [-0.15, -0.1) is 33.3 Å². The van der Waals surface area contributed by atoms with Crippen molar-refractivity contribution in [1.29, 1.82) is 0 Å². The second-order valence-corrected chi connectivity index (χ2v) is 9.27. The van der Waals surface area contributed by atoms with Crippen molar-refractivity contribution >= 4 is 57.8 Å². The molecule has 2 aliphatic heterocycles. The van der Waals surface area contributed by atoms with Gasteiger partial charge in [-0.3, -0.25) is 14.5 Å². The van der Waals surface area contributed by atoms with Crippen molar-refractivity contribution in [3.05, 3.63) is 38.1 Å². The van der Waals surface area contributed by atoms with Gasteiger partial charge in [0.15, 0.2) is 0 Å². The van der Waals surface area contributed by atoms with E-state index in [0.29, 0.717) is 21.3 Å². The number of carboxylic acid groups (broad SMARTS) is 1. The quantitative estimate of drug-likeness (QED) is 0.386. The maximum atomic E-state index is 12.6. The van der Waals surface area contributed by atoms with Gasteiger partial charge in [0.1, 0.15) is 21.4 Å². The summed E-state index contributed by atoms with van der Waals surface area (Å²) in [5, 5.41) is 24.9. The van der Waals surface area contributed by atoms with Gasteiger partial charge in [0.2, 0.25) is 5.91 Å². The van der Waals surface area contributed by atoms with Crippen molar-refractivity contribution in [2.75, 3.05) is 5.75 Å². The maximum absolute atomic E-state index is 12.6. The van der Waals surface area contributed by atoms with Crippen molar-refractivity contribution < 1.29 is 49.0 Å². The fourth-order valence-electron chi connectivity index (χ4n) is 2.99. The number of carboxylic acids is 1. The average Bonchev–Trinajstić information content (AvgIpc) is 3.29. The van der Waals surface area contributed by atoms with E-state index in [-0.39, 0.29) is 47.6 Å². The third kappa shape index (κ3) is 3.91. The molecule has 2 aromatic heterocycles. The van der Waals surface area contributed by atoms with Gasteiger partial charge in [-0.25, -0.2) is 0 Å². The van der Waals surface area contributed by atoms with Gasteiger partial charge in [0.25, 0.3) is 5.91 Å². The van der Waals surface area contributed by atoms with E-state index in [1.807, 2.05) is 17.5 Å². The summed E-state index contributed by atoms with van der Waals surface area (Å²) in [6, 6.07) is 2.96. The standard InChI is InChI=1S/C16H14N4O4S3.Na/c1-7-18-19-13(27-7)9-6-26-15-11(14(22)20(15)12(9)16(23)24)17-10(21)5-8-3-2-4-25-8;/h2-4,11,15H,5-6H2,1H3,(H,17,21)(H,23,24);/q;+1/p-1/t11?,15-;/m1./s1. The molecule has 0 radical (unpaired) electrons. The molecule has 1 unspecified atom stereocenters. The first-order valence-corrected chi connectivity index (χ1v) is 10.7. The number of carbonyl (C=O) groups excluding carboxylic acids is 3. The second-order valence-electron chi connectivity index (χ2n) is 5.95. The van der Waals surface area contributed by atoms with E-state index in [1.54, 1.807) is 6.92 Å². The Kier molecular flexibility index (Phi) is 6.62. The molecule has 2 aliphatic rings. The van der Waals surface area contributed by atoms with Crippen molar-refractivity contribution in [3.8, 4) is 0 Å². The predicted octanol–water partition coefficient (Wildman–Crippen LogP) is -2.98. The molecule has 2 atom stereocenters. The SMILES string of the molecule is Cc1nnc(C2=C(C(=O)[O-])N3C(=O)C(NC(=O)Cc4cccs4)[C@H]3SC2)s1.[Na+]. The molecule has 4 rings (SSSR count). The molecule has 4 heterocycles. The molecule has 1 saturated heterocycles. The van der Waals surface area contributed by atoms with Crippen LogP contribution in [0.1, 0.15) is 14.9 Å².